The van der Waals surface area contributed by atoms with Gasteiger partial charge in [0.05, 0.1) is 22.4 Å². The van der Waals surface area contributed by atoms with Gasteiger partial charge in [-0.15, -0.1) is 0 Å². The highest BCUT2D eigenvalue weighted by Crippen LogP contribution is 2.41. The minimum Gasteiger partial charge on any atom is -0.311 e. The van der Waals surface area contributed by atoms with Crippen LogP contribution in [0.4, 0.5) is 17.1 Å². The number of benzene rings is 8. The van der Waals surface area contributed by atoms with Crippen LogP contribution in [-0.4, -0.2) is 9.97 Å². The Bertz CT molecular complexity index is 2560. The van der Waals surface area contributed by atoms with Gasteiger partial charge < -0.3 is 4.90 Å². The van der Waals surface area contributed by atoms with E-state index in [0.29, 0.717) is 0 Å². The Morgan fingerprint density at radius 3 is 1.27 bits per heavy atom. The maximum Gasteiger partial charge on any atom is 0.0979 e. The van der Waals surface area contributed by atoms with E-state index in [1.54, 1.807) is 0 Å². The van der Waals surface area contributed by atoms with Crippen molar-refractivity contribution in [2.45, 2.75) is 0 Å². The fraction of sp³-hybridized carbons (Fsp3) is 0. The van der Waals surface area contributed by atoms with Crippen molar-refractivity contribution in [3.05, 3.63) is 200 Å². The predicted molar refractivity (Wildman–Crippen MR) is 213 cm³/mol. The maximum absolute atomic E-state index is 5.56. The highest BCUT2D eigenvalue weighted by molar-refractivity contribution is 6.04. The van der Waals surface area contributed by atoms with Gasteiger partial charge in [0.15, 0.2) is 0 Å². The minimum atomic E-state index is 0.846. The molecule has 9 rings (SSSR count). The van der Waals surface area contributed by atoms with Crippen LogP contribution in [0, 0.1) is 0 Å². The third-order valence-electron chi connectivity index (χ3n) is 9.44. The van der Waals surface area contributed by atoms with Gasteiger partial charge in [0.1, 0.15) is 0 Å². The highest BCUT2D eigenvalue weighted by Gasteiger charge is 2.20. The predicted octanol–water partition coefficient (Wildman–Crippen LogP) is 12.9. The van der Waals surface area contributed by atoms with E-state index in [1.165, 1.54) is 10.8 Å². The minimum absolute atomic E-state index is 0.846. The summed E-state index contributed by atoms with van der Waals surface area (Å²) in [5, 5.41) is 2.41. The summed E-state index contributed by atoms with van der Waals surface area (Å²) >= 11 is 0. The van der Waals surface area contributed by atoms with E-state index < -0.39 is 0 Å². The standard InChI is InChI=1S/C48H33N3/c1-5-16-35(17-6-1)43-31-32-44(39-26-25-34-15-13-14-20-38(34)33-39)48-47(43)50-46(45(49-48)36-18-7-2-8-19-36)37-27-29-42(30-28-37)51(40-21-9-3-10-22-40)41-23-11-4-12-24-41/h1-33H. The van der Waals surface area contributed by atoms with E-state index in [4.69, 9.17) is 9.97 Å². The van der Waals surface area contributed by atoms with Gasteiger partial charge in [-0.25, -0.2) is 9.97 Å². The fourth-order valence-corrected chi connectivity index (χ4v) is 6.94. The van der Waals surface area contributed by atoms with Crippen LogP contribution < -0.4 is 4.90 Å². The molecule has 3 nitrogen and oxygen atoms in total. The lowest BCUT2D eigenvalue weighted by molar-refractivity contribution is 1.27. The van der Waals surface area contributed by atoms with E-state index in [0.717, 1.165) is 72.9 Å². The van der Waals surface area contributed by atoms with Gasteiger partial charge >= 0.3 is 0 Å². The monoisotopic (exact) mass is 651 g/mol. The molecular formula is C48H33N3. The molecule has 0 aliphatic carbocycles. The van der Waals surface area contributed by atoms with Gasteiger partial charge in [-0.1, -0.05) is 158 Å². The number of fused-ring (bicyclic) bond motifs is 2. The Morgan fingerprint density at radius 1 is 0.294 bits per heavy atom. The van der Waals surface area contributed by atoms with Gasteiger partial charge in [-0.2, -0.15) is 0 Å². The van der Waals surface area contributed by atoms with Crippen LogP contribution in [0.1, 0.15) is 0 Å². The Hall–Kier alpha value is -6.84. The number of rotatable bonds is 7. The molecule has 0 bridgehead atoms. The Balaban J connectivity index is 1.26. The van der Waals surface area contributed by atoms with Gasteiger partial charge in [0.25, 0.3) is 0 Å². The number of nitrogens with zero attached hydrogens (tertiary/aromatic N) is 3. The SMILES string of the molecule is c1ccc(-c2nc3c(-c4ccc5ccccc5c4)ccc(-c4ccccc4)c3nc2-c2ccc(N(c3ccccc3)c3ccccc3)cc2)cc1. The van der Waals surface area contributed by atoms with Gasteiger partial charge in [0, 0.05) is 39.3 Å². The second-order valence-electron chi connectivity index (χ2n) is 12.6. The first-order valence-electron chi connectivity index (χ1n) is 17.3. The molecule has 0 radical (unpaired) electrons. The zero-order chi connectivity index (χ0) is 34.0. The number of para-hydroxylation sites is 2. The van der Waals surface area contributed by atoms with Crippen LogP contribution in [-0.2, 0) is 0 Å². The van der Waals surface area contributed by atoms with Crippen LogP contribution >= 0.6 is 0 Å². The zero-order valence-electron chi connectivity index (χ0n) is 27.9. The molecule has 0 amide bonds. The third-order valence-corrected chi connectivity index (χ3v) is 9.44. The number of aromatic nitrogens is 2. The van der Waals surface area contributed by atoms with Crippen molar-refractivity contribution in [3.63, 3.8) is 0 Å². The summed E-state index contributed by atoms with van der Waals surface area (Å²) in [6.07, 6.45) is 0. The molecule has 0 atom stereocenters. The molecule has 0 aliphatic heterocycles. The molecule has 0 fully saturated rings. The summed E-state index contributed by atoms with van der Waals surface area (Å²) in [6, 6.07) is 70.1. The van der Waals surface area contributed by atoms with Crippen molar-refractivity contribution in [1.29, 1.82) is 0 Å². The van der Waals surface area contributed by atoms with Crippen molar-refractivity contribution >= 4 is 38.9 Å². The topological polar surface area (TPSA) is 29.0 Å². The molecule has 0 spiro atoms. The van der Waals surface area contributed by atoms with Crippen LogP contribution in [0.2, 0.25) is 0 Å². The van der Waals surface area contributed by atoms with Crippen LogP contribution in [0.15, 0.2) is 200 Å². The van der Waals surface area contributed by atoms with Crippen molar-refractivity contribution in [3.8, 4) is 44.8 Å². The van der Waals surface area contributed by atoms with Crippen molar-refractivity contribution in [2.24, 2.45) is 0 Å². The summed E-state index contributed by atoms with van der Waals surface area (Å²) in [6.45, 7) is 0. The smallest absolute Gasteiger partial charge is 0.0979 e. The molecule has 0 aliphatic rings. The normalized spacial score (nSPS) is 11.1. The van der Waals surface area contributed by atoms with E-state index in [-0.39, 0.29) is 0 Å². The lowest BCUT2D eigenvalue weighted by atomic mass is 9.95. The van der Waals surface area contributed by atoms with Crippen molar-refractivity contribution < 1.29 is 0 Å². The fourth-order valence-electron chi connectivity index (χ4n) is 6.94. The lowest BCUT2D eigenvalue weighted by Gasteiger charge is -2.25. The Labute approximate surface area is 297 Å². The van der Waals surface area contributed by atoms with Gasteiger partial charge in [0.2, 0.25) is 0 Å². The summed E-state index contributed by atoms with van der Waals surface area (Å²) in [5.41, 5.74) is 13.1. The zero-order valence-corrected chi connectivity index (χ0v) is 27.9. The summed E-state index contributed by atoms with van der Waals surface area (Å²) < 4.78 is 0. The molecule has 0 saturated carbocycles. The van der Waals surface area contributed by atoms with Gasteiger partial charge in [-0.3, -0.25) is 0 Å². The van der Waals surface area contributed by atoms with Crippen molar-refractivity contribution in [1.82, 2.24) is 9.97 Å². The molecular weight excluding hydrogens is 619 g/mol. The number of anilines is 3. The van der Waals surface area contributed by atoms with E-state index in [2.05, 4.69) is 187 Å². The quantitative estimate of drug-likeness (QED) is 0.172. The molecule has 1 aromatic heterocycles. The lowest BCUT2D eigenvalue weighted by Crippen LogP contribution is -2.09. The third kappa shape index (κ3) is 5.81. The summed E-state index contributed by atoms with van der Waals surface area (Å²) in [7, 11) is 0. The Kier molecular flexibility index (Phi) is 7.84. The van der Waals surface area contributed by atoms with E-state index >= 15 is 0 Å². The molecule has 51 heavy (non-hydrogen) atoms. The average Bonchev–Trinajstić information content (AvgIpc) is 3.21. The molecule has 8 aromatic carbocycles. The van der Waals surface area contributed by atoms with Crippen LogP contribution in [0.3, 0.4) is 0 Å². The second-order valence-corrected chi connectivity index (χ2v) is 12.6. The molecule has 1 heterocycles. The number of hydrogen-bond acceptors (Lipinski definition) is 3. The highest BCUT2D eigenvalue weighted by atomic mass is 15.1. The van der Waals surface area contributed by atoms with E-state index in [9.17, 15) is 0 Å². The van der Waals surface area contributed by atoms with Crippen molar-refractivity contribution in [2.75, 3.05) is 4.90 Å². The largest absolute Gasteiger partial charge is 0.311 e. The van der Waals surface area contributed by atoms with Crippen LogP contribution in [0.25, 0.3) is 66.6 Å². The van der Waals surface area contributed by atoms with Crippen LogP contribution in [0.5, 0.6) is 0 Å². The average molecular weight is 652 g/mol. The summed E-state index contributed by atoms with van der Waals surface area (Å²) in [5.74, 6) is 0. The first-order chi connectivity index (χ1) is 25.3. The molecule has 0 N–H and O–H groups in total. The first-order valence-corrected chi connectivity index (χ1v) is 17.3. The maximum atomic E-state index is 5.56. The first kappa shape index (κ1) is 30.2. The second kappa shape index (κ2) is 13.2. The summed E-state index contributed by atoms with van der Waals surface area (Å²) in [4.78, 5) is 13.4. The molecule has 3 heteroatoms. The molecule has 240 valence electrons. The molecule has 9 aromatic rings. The Morgan fingerprint density at radius 2 is 0.706 bits per heavy atom. The van der Waals surface area contributed by atoms with E-state index in [1.807, 2.05) is 18.2 Å². The molecule has 0 unspecified atom stereocenters. The molecule has 0 saturated heterocycles. The number of hydrogen-bond donors (Lipinski definition) is 0. The van der Waals surface area contributed by atoms with Gasteiger partial charge in [-0.05, 0) is 64.4 Å².